The molecule has 4 fully saturated rings. The molecule has 0 saturated heterocycles. The fourth-order valence-corrected chi connectivity index (χ4v) is 6.56. The van der Waals surface area contributed by atoms with Gasteiger partial charge in [-0.25, -0.2) is 0 Å². The molecule has 0 unspecified atom stereocenters. The highest BCUT2D eigenvalue weighted by molar-refractivity contribution is 6.30. The molecule has 0 aliphatic heterocycles. The fraction of sp³-hybridized carbons (Fsp3) is 0.520. The molecular weight excluding hydrogens is 382 g/mol. The van der Waals surface area contributed by atoms with Crippen LogP contribution in [0.2, 0.25) is 5.02 Å². The van der Waals surface area contributed by atoms with Crippen LogP contribution in [0, 0.1) is 17.8 Å². The third-order valence-electron chi connectivity index (χ3n) is 7.22. The molecule has 4 aliphatic rings. The van der Waals surface area contributed by atoms with Gasteiger partial charge in [0.2, 0.25) is 0 Å². The number of hydrogen-bond acceptors (Lipinski definition) is 3. The van der Waals surface area contributed by atoms with Crippen LogP contribution in [-0.2, 0) is 13.2 Å². The Morgan fingerprint density at radius 2 is 1.66 bits per heavy atom. The summed E-state index contributed by atoms with van der Waals surface area (Å²) in [6.07, 6.45) is 8.55. The average molecular weight is 412 g/mol. The summed E-state index contributed by atoms with van der Waals surface area (Å²) < 4.78 is 11.6. The second-order valence-corrected chi connectivity index (χ2v) is 9.89. The van der Waals surface area contributed by atoms with Gasteiger partial charge in [0.1, 0.15) is 6.61 Å². The number of hydrogen-bond donors (Lipinski definition) is 1. The molecule has 0 radical (unpaired) electrons. The lowest BCUT2D eigenvalue weighted by molar-refractivity contribution is -0.0206. The van der Waals surface area contributed by atoms with Gasteiger partial charge in [0, 0.05) is 17.1 Å². The number of methoxy groups -OCH3 is 1. The molecule has 0 spiro atoms. The van der Waals surface area contributed by atoms with E-state index in [9.17, 15) is 0 Å². The van der Waals surface area contributed by atoms with E-state index < -0.39 is 0 Å². The van der Waals surface area contributed by atoms with Gasteiger partial charge in [0.25, 0.3) is 0 Å². The summed E-state index contributed by atoms with van der Waals surface area (Å²) in [7, 11) is 1.71. The number of halogens is 1. The molecule has 1 N–H and O–H groups in total. The zero-order valence-corrected chi connectivity index (χ0v) is 17.9. The molecule has 0 amide bonds. The highest BCUT2D eigenvalue weighted by atomic mass is 35.5. The highest BCUT2D eigenvalue weighted by Crippen LogP contribution is 2.55. The standard InChI is InChI=1S/C25H30ClNO2/c1-28-24-11-17(5-6-23(24)29-16-18-3-2-4-22(26)10-18)15-27-25-12-19-7-20(13-25)9-21(8-19)14-25/h2-6,10-11,19-21,27H,7-9,12-16H2,1H3. The van der Waals surface area contributed by atoms with Crippen LogP contribution in [0.5, 0.6) is 11.5 Å². The summed E-state index contributed by atoms with van der Waals surface area (Å²) >= 11 is 6.07. The molecule has 4 saturated carbocycles. The number of benzene rings is 2. The van der Waals surface area contributed by atoms with Crippen molar-refractivity contribution in [2.45, 2.75) is 57.2 Å². The van der Waals surface area contributed by atoms with E-state index in [-0.39, 0.29) is 0 Å². The molecule has 4 aliphatic carbocycles. The predicted molar refractivity (Wildman–Crippen MR) is 117 cm³/mol. The molecule has 0 heterocycles. The minimum absolute atomic E-state index is 0.379. The summed E-state index contributed by atoms with van der Waals surface area (Å²) in [6.45, 7) is 1.37. The van der Waals surface area contributed by atoms with Gasteiger partial charge in [-0.15, -0.1) is 0 Å². The molecular formula is C25H30ClNO2. The molecule has 2 aromatic carbocycles. The Labute approximate surface area is 178 Å². The second-order valence-electron chi connectivity index (χ2n) is 9.46. The largest absolute Gasteiger partial charge is 0.493 e. The lowest BCUT2D eigenvalue weighted by atomic mass is 9.53. The zero-order chi connectivity index (χ0) is 19.8. The first-order chi connectivity index (χ1) is 14.1. The Hall–Kier alpha value is -1.71. The van der Waals surface area contributed by atoms with Gasteiger partial charge in [-0.1, -0.05) is 29.8 Å². The van der Waals surface area contributed by atoms with Crippen LogP contribution in [-0.4, -0.2) is 12.6 Å². The molecule has 4 bridgehead atoms. The van der Waals surface area contributed by atoms with Crippen LogP contribution < -0.4 is 14.8 Å². The molecule has 2 aromatic rings. The summed E-state index contributed by atoms with van der Waals surface area (Å²) in [5, 5.41) is 4.69. The SMILES string of the molecule is COc1cc(CNC23CC4CC(CC(C4)C2)C3)ccc1OCc1cccc(Cl)c1. The molecule has 6 rings (SSSR count). The van der Waals surface area contributed by atoms with Crippen molar-refractivity contribution >= 4 is 11.6 Å². The third-order valence-corrected chi connectivity index (χ3v) is 7.45. The number of rotatable bonds is 7. The van der Waals surface area contributed by atoms with Crippen molar-refractivity contribution < 1.29 is 9.47 Å². The van der Waals surface area contributed by atoms with Gasteiger partial charge in [-0.05, 0) is 91.7 Å². The first-order valence-corrected chi connectivity index (χ1v) is 11.3. The Bertz CT molecular complexity index is 846. The lowest BCUT2D eigenvalue weighted by Crippen LogP contribution is -2.58. The first-order valence-electron chi connectivity index (χ1n) is 10.9. The number of ether oxygens (including phenoxy) is 2. The van der Waals surface area contributed by atoms with E-state index in [0.717, 1.165) is 46.4 Å². The smallest absolute Gasteiger partial charge is 0.161 e. The molecule has 0 atom stereocenters. The van der Waals surface area contributed by atoms with E-state index in [1.807, 2.05) is 30.3 Å². The van der Waals surface area contributed by atoms with Crippen molar-refractivity contribution in [3.05, 3.63) is 58.6 Å². The molecule has 4 heteroatoms. The average Bonchev–Trinajstić information content (AvgIpc) is 2.70. The quantitative estimate of drug-likeness (QED) is 0.607. The Balaban J connectivity index is 1.23. The van der Waals surface area contributed by atoms with Gasteiger partial charge in [0.05, 0.1) is 7.11 Å². The lowest BCUT2D eigenvalue weighted by Gasteiger charge is -2.57. The first kappa shape index (κ1) is 19.3. The van der Waals surface area contributed by atoms with Crippen molar-refractivity contribution in [1.29, 1.82) is 0 Å². The van der Waals surface area contributed by atoms with Crippen LogP contribution in [0.1, 0.15) is 49.7 Å². The summed E-state index contributed by atoms with van der Waals surface area (Å²) in [6, 6.07) is 14.1. The van der Waals surface area contributed by atoms with Gasteiger partial charge in [-0.2, -0.15) is 0 Å². The van der Waals surface area contributed by atoms with Gasteiger partial charge < -0.3 is 14.8 Å². The normalized spacial score (nSPS) is 29.8. The zero-order valence-electron chi connectivity index (χ0n) is 17.1. The van der Waals surface area contributed by atoms with Crippen molar-refractivity contribution in [1.82, 2.24) is 5.32 Å². The van der Waals surface area contributed by atoms with E-state index in [2.05, 4.69) is 17.4 Å². The maximum absolute atomic E-state index is 6.07. The predicted octanol–water partition coefficient (Wildman–Crippen LogP) is 5.99. The monoisotopic (exact) mass is 411 g/mol. The summed E-state index contributed by atoms with van der Waals surface area (Å²) in [4.78, 5) is 0. The maximum atomic E-state index is 6.07. The second kappa shape index (κ2) is 7.85. The fourth-order valence-electron chi connectivity index (χ4n) is 6.35. The van der Waals surface area contributed by atoms with Crippen LogP contribution >= 0.6 is 11.6 Å². The van der Waals surface area contributed by atoms with Gasteiger partial charge in [-0.3, -0.25) is 0 Å². The van der Waals surface area contributed by atoms with Crippen LogP contribution in [0.25, 0.3) is 0 Å². The highest BCUT2D eigenvalue weighted by Gasteiger charge is 2.50. The Morgan fingerprint density at radius 3 is 2.31 bits per heavy atom. The maximum Gasteiger partial charge on any atom is 0.161 e. The molecule has 29 heavy (non-hydrogen) atoms. The summed E-state index contributed by atoms with van der Waals surface area (Å²) in [5.41, 5.74) is 2.68. The van der Waals surface area contributed by atoms with Crippen LogP contribution in [0.15, 0.2) is 42.5 Å². The van der Waals surface area contributed by atoms with Crippen LogP contribution in [0.4, 0.5) is 0 Å². The van der Waals surface area contributed by atoms with Crippen molar-refractivity contribution in [2.24, 2.45) is 17.8 Å². The van der Waals surface area contributed by atoms with E-state index in [1.54, 1.807) is 7.11 Å². The molecule has 3 nitrogen and oxygen atoms in total. The van der Waals surface area contributed by atoms with Crippen LogP contribution in [0.3, 0.4) is 0 Å². The third kappa shape index (κ3) is 4.13. The Kier molecular flexibility index (Phi) is 5.21. The molecule has 0 aromatic heterocycles. The van der Waals surface area contributed by atoms with Gasteiger partial charge in [0.15, 0.2) is 11.5 Å². The van der Waals surface area contributed by atoms with Gasteiger partial charge >= 0.3 is 0 Å². The minimum Gasteiger partial charge on any atom is -0.493 e. The summed E-state index contributed by atoms with van der Waals surface area (Å²) in [5.74, 6) is 4.45. The topological polar surface area (TPSA) is 30.5 Å². The van der Waals surface area contributed by atoms with E-state index >= 15 is 0 Å². The van der Waals surface area contributed by atoms with E-state index in [4.69, 9.17) is 21.1 Å². The Morgan fingerprint density at radius 1 is 0.931 bits per heavy atom. The van der Waals surface area contributed by atoms with Crippen molar-refractivity contribution in [3.63, 3.8) is 0 Å². The number of nitrogens with one attached hydrogen (secondary N) is 1. The van der Waals surface area contributed by atoms with Crippen molar-refractivity contribution in [2.75, 3.05) is 7.11 Å². The molecule has 154 valence electrons. The minimum atomic E-state index is 0.379. The van der Waals surface area contributed by atoms with Crippen molar-refractivity contribution in [3.8, 4) is 11.5 Å². The van der Waals surface area contributed by atoms with E-state index in [0.29, 0.717) is 12.1 Å². The van der Waals surface area contributed by atoms with E-state index in [1.165, 1.54) is 44.1 Å².